The molecule has 3 nitrogen and oxygen atoms in total. The molecular weight excluding hydrogens is 176 g/mol. The fraction of sp³-hybridized carbons (Fsp3) is 0.727. The van der Waals surface area contributed by atoms with Crippen LogP contribution in [0.3, 0.4) is 0 Å². The average molecular weight is 196 g/mol. The first-order valence-corrected chi connectivity index (χ1v) is 5.05. The van der Waals surface area contributed by atoms with Crippen molar-refractivity contribution >= 4 is 5.91 Å². The smallest absolute Gasteiger partial charge is 0.228 e. The average Bonchev–Trinajstić information content (AvgIpc) is 2.43. The molecule has 1 atom stereocenters. The van der Waals surface area contributed by atoms with Gasteiger partial charge in [-0.15, -0.1) is 0 Å². The Kier molecular flexibility index (Phi) is 3.00. The van der Waals surface area contributed by atoms with Gasteiger partial charge < -0.3 is 10.6 Å². The van der Waals surface area contributed by atoms with Crippen molar-refractivity contribution < 1.29 is 4.79 Å². The topological polar surface area (TPSA) is 46.3 Å². The van der Waals surface area contributed by atoms with Crippen LogP contribution in [0, 0.1) is 5.41 Å². The maximum absolute atomic E-state index is 12.0. The third-order valence-corrected chi connectivity index (χ3v) is 2.64. The largest absolute Gasteiger partial charge is 0.331 e. The lowest BCUT2D eigenvalue weighted by Gasteiger charge is -2.31. The second kappa shape index (κ2) is 3.73. The van der Waals surface area contributed by atoms with Crippen LogP contribution in [0.15, 0.2) is 11.6 Å². The molecule has 1 unspecified atom stereocenters. The van der Waals surface area contributed by atoms with Gasteiger partial charge in [-0.1, -0.05) is 32.4 Å². The van der Waals surface area contributed by atoms with E-state index in [1.807, 2.05) is 32.6 Å². The van der Waals surface area contributed by atoms with Gasteiger partial charge in [0.2, 0.25) is 5.91 Å². The van der Waals surface area contributed by atoms with Crippen molar-refractivity contribution in [2.24, 2.45) is 11.1 Å². The fourth-order valence-corrected chi connectivity index (χ4v) is 1.72. The molecule has 0 aromatic carbocycles. The van der Waals surface area contributed by atoms with E-state index in [-0.39, 0.29) is 17.4 Å². The quantitative estimate of drug-likeness (QED) is 0.639. The van der Waals surface area contributed by atoms with E-state index in [0.717, 1.165) is 0 Å². The third-order valence-electron chi connectivity index (χ3n) is 2.64. The van der Waals surface area contributed by atoms with E-state index < -0.39 is 0 Å². The van der Waals surface area contributed by atoms with Gasteiger partial charge in [-0.25, -0.2) is 0 Å². The van der Waals surface area contributed by atoms with Gasteiger partial charge in [0.25, 0.3) is 0 Å². The molecule has 3 heteroatoms. The van der Waals surface area contributed by atoms with Crippen LogP contribution >= 0.6 is 0 Å². The minimum Gasteiger partial charge on any atom is -0.331 e. The van der Waals surface area contributed by atoms with Crippen LogP contribution in [0.2, 0.25) is 0 Å². The van der Waals surface area contributed by atoms with Gasteiger partial charge >= 0.3 is 0 Å². The van der Waals surface area contributed by atoms with E-state index in [9.17, 15) is 4.79 Å². The molecule has 1 amide bonds. The van der Waals surface area contributed by atoms with Crippen molar-refractivity contribution in [3.63, 3.8) is 0 Å². The van der Waals surface area contributed by atoms with Crippen LogP contribution in [-0.4, -0.2) is 29.9 Å². The number of carbonyl (C=O) groups excluding carboxylic acids is 1. The molecule has 0 fully saturated rings. The van der Waals surface area contributed by atoms with Crippen molar-refractivity contribution in [2.45, 2.75) is 33.7 Å². The number of amides is 1. The Balaban J connectivity index is 2.78. The van der Waals surface area contributed by atoms with E-state index >= 15 is 0 Å². The third kappa shape index (κ3) is 1.98. The van der Waals surface area contributed by atoms with E-state index in [1.165, 1.54) is 5.57 Å². The van der Waals surface area contributed by atoms with Crippen LogP contribution in [0.25, 0.3) is 0 Å². The highest BCUT2D eigenvalue weighted by Crippen LogP contribution is 2.24. The number of carbonyl (C=O) groups is 1. The molecule has 0 aromatic rings. The lowest BCUT2D eigenvalue weighted by atomic mass is 9.94. The highest BCUT2D eigenvalue weighted by Gasteiger charge is 2.33. The second-order valence-corrected chi connectivity index (χ2v) is 4.91. The van der Waals surface area contributed by atoms with Crippen molar-refractivity contribution in [1.82, 2.24) is 4.90 Å². The molecule has 0 bridgehead atoms. The Labute approximate surface area is 86.0 Å². The molecular formula is C11H20N2O. The molecule has 1 aliphatic heterocycles. The number of nitrogens with two attached hydrogens (primary N) is 1. The summed E-state index contributed by atoms with van der Waals surface area (Å²) in [6, 6.07) is 0.113. The molecule has 2 N–H and O–H groups in total. The van der Waals surface area contributed by atoms with Crippen LogP contribution in [-0.2, 0) is 4.79 Å². The summed E-state index contributed by atoms with van der Waals surface area (Å²) in [4.78, 5) is 13.9. The van der Waals surface area contributed by atoms with E-state index in [2.05, 4.69) is 6.08 Å². The molecule has 1 heterocycles. The summed E-state index contributed by atoms with van der Waals surface area (Å²) >= 11 is 0. The first-order valence-electron chi connectivity index (χ1n) is 5.05. The molecule has 0 saturated heterocycles. The summed E-state index contributed by atoms with van der Waals surface area (Å²) in [5.41, 5.74) is 6.56. The van der Waals surface area contributed by atoms with Gasteiger partial charge in [0, 0.05) is 18.5 Å². The molecule has 0 aromatic heterocycles. The first-order chi connectivity index (χ1) is 6.38. The SMILES string of the molecule is CC1=CCN(C(=O)C(C)(C)C)C1CN. The normalized spacial score (nSPS) is 22.5. The van der Waals surface area contributed by atoms with E-state index in [0.29, 0.717) is 13.1 Å². The Hall–Kier alpha value is -0.830. The molecule has 0 radical (unpaired) electrons. The van der Waals surface area contributed by atoms with Crippen molar-refractivity contribution in [2.75, 3.05) is 13.1 Å². The lowest BCUT2D eigenvalue weighted by molar-refractivity contribution is -0.139. The van der Waals surface area contributed by atoms with Gasteiger partial charge in [0.15, 0.2) is 0 Å². The van der Waals surface area contributed by atoms with Crippen LogP contribution in [0.1, 0.15) is 27.7 Å². The minimum atomic E-state index is -0.314. The summed E-state index contributed by atoms with van der Waals surface area (Å²) in [6.45, 7) is 9.09. The van der Waals surface area contributed by atoms with Gasteiger partial charge in [0.1, 0.15) is 0 Å². The molecule has 0 aliphatic carbocycles. The molecule has 1 rings (SSSR count). The zero-order valence-corrected chi connectivity index (χ0v) is 9.50. The number of hydrogen-bond donors (Lipinski definition) is 1. The highest BCUT2D eigenvalue weighted by atomic mass is 16.2. The number of rotatable bonds is 1. The monoisotopic (exact) mass is 196 g/mol. The lowest BCUT2D eigenvalue weighted by Crippen LogP contribution is -2.46. The van der Waals surface area contributed by atoms with E-state index in [4.69, 9.17) is 5.73 Å². The Morgan fingerprint density at radius 2 is 2.21 bits per heavy atom. The van der Waals surface area contributed by atoms with Crippen LogP contribution in [0.5, 0.6) is 0 Å². The maximum atomic E-state index is 12.0. The maximum Gasteiger partial charge on any atom is 0.228 e. The molecule has 80 valence electrons. The predicted molar refractivity (Wildman–Crippen MR) is 57.8 cm³/mol. The molecule has 0 spiro atoms. The van der Waals surface area contributed by atoms with Gasteiger partial charge in [-0.2, -0.15) is 0 Å². The van der Waals surface area contributed by atoms with Crippen LogP contribution in [0.4, 0.5) is 0 Å². The molecule has 1 aliphatic rings. The summed E-state index contributed by atoms with van der Waals surface area (Å²) in [5, 5.41) is 0. The fourth-order valence-electron chi connectivity index (χ4n) is 1.72. The van der Waals surface area contributed by atoms with Crippen molar-refractivity contribution in [1.29, 1.82) is 0 Å². The Morgan fingerprint density at radius 3 is 2.64 bits per heavy atom. The zero-order valence-electron chi connectivity index (χ0n) is 9.50. The van der Waals surface area contributed by atoms with E-state index in [1.54, 1.807) is 0 Å². The standard InChI is InChI=1S/C11H20N2O/c1-8-5-6-13(9(8)7-12)10(14)11(2,3)4/h5,9H,6-7,12H2,1-4H3. The Morgan fingerprint density at radius 1 is 1.64 bits per heavy atom. The summed E-state index contributed by atoms with van der Waals surface area (Å²) in [6.07, 6.45) is 2.08. The minimum absolute atomic E-state index is 0.113. The van der Waals surface area contributed by atoms with Crippen LogP contribution < -0.4 is 5.73 Å². The molecule has 14 heavy (non-hydrogen) atoms. The van der Waals surface area contributed by atoms with Gasteiger partial charge in [-0.05, 0) is 6.92 Å². The number of hydrogen-bond acceptors (Lipinski definition) is 2. The second-order valence-electron chi connectivity index (χ2n) is 4.91. The highest BCUT2D eigenvalue weighted by molar-refractivity contribution is 5.82. The summed E-state index contributed by atoms with van der Waals surface area (Å²) < 4.78 is 0. The Bertz CT molecular complexity index is 263. The summed E-state index contributed by atoms with van der Waals surface area (Å²) in [5.74, 6) is 0.182. The predicted octanol–water partition coefficient (Wildman–Crippen LogP) is 1.15. The van der Waals surface area contributed by atoms with Gasteiger partial charge in [0.05, 0.1) is 6.04 Å². The molecule has 0 saturated carbocycles. The van der Waals surface area contributed by atoms with Crippen molar-refractivity contribution in [3.05, 3.63) is 11.6 Å². The van der Waals surface area contributed by atoms with Gasteiger partial charge in [-0.3, -0.25) is 4.79 Å². The van der Waals surface area contributed by atoms with Crippen molar-refractivity contribution in [3.8, 4) is 0 Å². The number of nitrogens with zero attached hydrogens (tertiary/aromatic N) is 1. The first kappa shape index (κ1) is 11.2. The zero-order chi connectivity index (χ0) is 10.9. The summed E-state index contributed by atoms with van der Waals surface area (Å²) in [7, 11) is 0.